The lowest BCUT2D eigenvalue weighted by Crippen LogP contribution is -2.70. The Labute approximate surface area is 360 Å². The van der Waals surface area contributed by atoms with Crippen molar-refractivity contribution in [2.75, 3.05) is 46.1 Å². The smallest absolute Gasteiger partial charge is 0.412 e. The predicted octanol–water partition coefficient (Wildman–Crippen LogP) is 10.2. The van der Waals surface area contributed by atoms with E-state index in [2.05, 4.69) is 24.9 Å². The SMILES string of the molecule is C=CCOC12Oc3ccc(OC(=O)NCC)cc3C3C(CCCCO)C(CCCCO)C=C(C(=NOCC)CC1N(CCC)C(=O)OCCCCCCCCCCCC)C32. The first kappa shape index (κ1) is 49.0. The van der Waals surface area contributed by atoms with Gasteiger partial charge in [-0.1, -0.05) is 102 Å². The number of carbonyl (C=O) groups is 2. The number of nitrogens with zero attached hydrogens (tertiary/aromatic N) is 2. The van der Waals surface area contributed by atoms with E-state index in [-0.39, 0.29) is 37.6 Å². The fourth-order valence-corrected chi connectivity index (χ4v) is 9.59. The van der Waals surface area contributed by atoms with E-state index in [0.717, 1.165) is 61.8 Å². The van der Waals surface area contributed by atoms with Gasteiger partial charge in [-0.2, -0.15) is 0 Å². The number of nitrogens with one attached hydrogen (secondary N) is 1. The van der Waals surface area contributed by atoms with Gasteiger partial charge in [0.05, 0.1) is 24.8 Å². The lowest BCUT2D eigenvalue weighted by molar-refractivity contribution is -0.255. The van der Waals surface area contributed by atoms with Gasteiger partial charge in [-0.15, -0.1) is 6.58 Å². The highest BCUT2D eigenvalue weighted by Crippen LogP contribution is 2.62. The zero-order valence-corrected chi connectivity index (χ0v) is 37.3. The van der Waals surface area contributed by atoms with Crippen molar-refractivity contribution in [2.24, 2.45) is 22.9 Å². The zero-order valence-electron chi connectivity index (χ0n) is 37.3. The Balaban J connectivity index is 1.79. The van der Waals surface area contributed by atoms with E-state index in [1.165, 1.54) is 44.9 Å². The topological polar surface area (TPSA) is 148 Å². The van der Waals surface area contributed by atoms with Crippen LogP contribution < -0.4 is 14.8 Å². The van der Waals surface area contributed by atoms with Gasteiger partial charge in [0.1, 0.15) is 24.1 Å². The molecular weight excluding hydrogens is 763 g/mol. The molecule has 0 bridgehead atoms. The van der Waals surface area contributed by atoms with Crippen LogP contribution in [-0.4, -0.2) is 91.0 Å². The Hall–Kier alpha value is -3.61. The number of benzene rings is 1. The van der Waals surface area contributed by atoms with Crippen LogP contribution in [-0.2, 0) is 14.3 Å². The number of oxime groups is 1. The Kier molecular flexibility index (Phi) is 21.8. The summed E-state index contributed by atoms with van der Waals surface area (Å²) in [7, 11) is 0. The largest absolute Gasteiger partial charge is 0.459 e. The molecule has 1 saturated carbocycles. The highest BCUT2D eigenvalue weighted by atomic mass is 16.7. The van der Waals surface area contributed by atoms with Crippen LogP contribution in [0.15, 0.2) is 47.7 Å². The van der Waals surface area contributed by atoms with Crippen molar-refractivity contribution < 1.29 is 43.6 Å². The fraction of sp³-hybridized carbons (Fsp3) is 0.729. The number of fused-ring (bicyclic) bond motifs is 2. The van der Waals surface area contributed by atoms with Crippen molar-refractivity contribution in [2.45, 2.75) is 161 Å². The summed E-state index contributed by atoms with van der Waals surface area (Å²) in [5.41, 5.74) is 2.58. The van der Waals surface area contributed by atoms with E-state index >= 15 is 0 Å². The van der Waals surface area contributed by atoms with Crippen LogP contribution in [0, 0.1) is 17.8 Å². The average Bonchev–Trinajstić information content (AvgIpc) is 3.24. The second-order valence-corrected chi connectivity index (χ2v) is 16.6. The Bertz CT molecular complexity index is 1520. The molecule has 3 aliphatic rings. The van der Waals surface area contributed by atoms with E-state index < -0.39 is 29.9 Å². The molecule has 2 amide bonds. The van der Waals surface area contributed by atoms with Gasteiger partial charge >= 0.3 is 12.2 Å². The van der Waals surface area contributed by atoms with Gasteiger partial charge in [-0.3, -0.25) is 4.90 Å². The molecule has 2 aliphatic carbocycles. The van der Waals surface area contributed by atoms with Crippen LogP contribution in [0.5, 0.6) is 11.5 Å². The molecule has 1 aromatic rings. The predicted molar refractivity (Wildman–Crippen MR) is 236 cm³/mol. The maximum atomic E-state index is 14.4. The highest BCUT2D eigenvalue weighted by molar-refractivity contribution is 6.03. The molecule has 12 heteroatoms. The van der Waals surface area contributed by atoms with Crippen LogP contribution in [0.4, 0.5) is 9.59 Å². The molecule has 1 aliphatic heterocycles. The van der Waals surface area contributed by atoms with Gasteiger partial charge < -0.3 is 39.3 Å². The molecule has 0 spiro atoms. The summed E-state index contributed by atoms with van der Waals surface area (Å²) in [6.45, 7) is 14.0. The normalized spacial score (nSPS) is 23.5. The third-order valence-electron chi connectivity index (χ3n) is 12.3. The molecule has 0 saturated heterocycles. The molecular formula is C48H77N3O9. The molecule has 12 nitrogen and oxygen atoms in total. The van der Waals surface area contributed by atoms with Gasteiger partial charge in [0.15, 0.2) is 0 Å². The summed E-state index contributed by atoms with van der Waals surface area (Å²) in [6.07, 6.45) is 20.6. The Morgan fingerprint density at radius 3 is 2.28 bits per heavy atom. The van der Waals surface area contributed by atoms with Gasteiger partial charge in [0.25, 0.3) is 0 Å². The number of carbonyl (C=O) groups excluding carboxylic acids is 2. The lowest BCUT2D eigenvalue weighted by Gasteiger charge is -2.59. The minimum atomic E-state index is -1.37. The molecule has 6 unspecified atom stereocenters. The number of allylic oxidation sites excluding steroid dienone is 1. The first-order chi connectivity index (χ1) is 29.3. The Morgan fingerprint density at radius 1 is 0.933 bits per heavy atom. The molecule has 4 rings (SSSR count). The van der Waals surface area contributed by atoms with Crippen molar-refractivity contribution in [3.8, 4) is 11.5 Å². The third kappa shape index (κ3) is 13.2. The number of hydrogen-bond donors (Lipinski definition) is 3. The summed E-state index contributed by atoms with van der Waals surface area (Å²) >= 11 is 0. The van der Waals surface area contributed by atoms with Crippen LogP contribution in [0.3, 0.4) is 0 Å². The first-order valence-corrected chi connectivity index (χ1v) is 23.4. The number of amides is 2. The second kappa shape index (κ2) is 26.7. The van der Waals surface area contributed by atoms with E-state index in [9.17, 15) is 19.8 Å². The minimum absolute atomic E-state index is 0.0491. The third-order valence-corrected chi connectivity index (χ3v) is 12.3. The summed E-state index contributed by atoms with van der Waals surface area (Å²) in [6, 6.07) is 4.84. The van der Waals surface area contributed by atoms with Crippen molar-refractivity contribution >= 4 is 17.9 Å². The van der Waals surface area contributed by atoms with Crippen molar-refractivity contribution in [3.05, 3.63) is 48.1 Å². The second-order valence-electron chi connectivity index (χ2n) is 16.6. The molecule has 60 heavy (non-hydrogen) atoms. The number of aliphatic hydroxyl groups is 2. The monoisotopic (exact) mass is 840 g/mol. The van der Waals surface area contributed by atoms with E-state index in [0.29, 0.717) is 63.5 Å². The molecule has 338 valence electrons. The molecule has 1 heterocycles. The van der Waals surface area contributed by atoms with Crippen LogP contribution >= 0.6 is 0 Å². The fourth-order valence-electron chi connectivity index (χ4n) is 9.59. The van der Waals surface area contributed by atoms with Gasteiger partial charge in [0, 0.05) is 44.2 Å². The van der Waals surface area contributed by atoms with Crippen LogP contribution in [0.1, 0.15) is 155 Å². The maximum Gasteiger partial charge on any atom is 0.412 e. The van der Waals surface area contributed by atoms with Crippen LogP contribution in [0.25, 0.3) is 0 Å². The number of rotatable bonds is 29. The van der Waals surface area contributed by atoms with Crippen molar-refractivity contribution in [1.82, 2.24) is 10.2 Å². The highest BCUT2D eigenvalue weighted by Gasteiger charge is 2.65. The average molecular weight is 840 g/mol. The lowest BCUT2D eigenvalue weighted by atomic mass is 9.55. The summed E-state index contributed by atoms with van der Waals surface area (Å²) < 4.78 is 26.1. The maximum absolute atomic E-state index is 14.4. The summed E-state index contributed by atoms with van der Waals surface area (Å²) in [4.78, 5) is 34.7. The molecule has 0 radical (unpaired) electrons. The number of unbranched alkanes of at least 4 members (excludes halogenated alkanes) is 11. The molecule has 6 atom stereocenters. The first-order valence-electron chi connectivity index (χ1n) is 23.4. The van der Waals surface area contributed by atoms with Crippen LogP contribution in [0.2, 0.25) is 0 Å². The van der Waals surface area contributed by atoms with E-state index in [1.54, 1.807) is 17.0 Å². The number of aliphatic hydroxyl groups excluding tert-OH is 2. The van der Waals surface area contributed by atoms with Crippen molar-refractivity contribution in [1.29, 1.82) is 0 Å². The molecule has 3 N–H and O–H groups in total. The Morgan fingerprint density at radius 2 is 1.63 bits per heavy atom. The van der Waals surface area contributed by atoms with Crippen molar-refractivity contribution in [3.63, 3.8) is 0 Å². The van der Waals surface area contributed by atoms with Gasteiger partial charge in [0.2, 0.25) is 5.79 Å². The number of hydrogen-bond acceptors (Lipinski definition) is 10. The quantitative estimate of drug-likeness (QED) is 0.0407. The standard InChI is InChI=1S/C48H77N3O9/c1-6-11-12-13-14-15-16-17-18-23-32-56-47(55)51(28-7-2)43-35-41(50-58-10-5)39-33-36(24-19-21-29-52)38(25-20-22-30-53)44-40-34-37(59-46(54)49-9-4)26-27-42(40)60-48(43,45(39)44)57-31-8-3/h8,26-27,33-34,36,38,43-45,52-53H,3,6-7,9-25,28-32,35H2,1-2,4-5H3,(H,49,54). The number of ether oxygens (including phenoxy) is 4. The minimum Gasteiger partial charge on any atom is -0.459 e. The summed E-state index contributed by atoms with van der Waals surface area (Å²) in [5, 5.41) is 27.2. The van der Waals surface area contributed by atoms with E-state index in [1.807, 2.05) is 32.9 Å². The zero-order chi connectivity index (χ0) is 43.2. The van der Waals surface area contributed by atoms with Gasteiger partial charge in [-0.25, -0.2) is 9.59 Å². The summed E-state index contributed by atoms with van der Waals surface area (Å²) in [5.74, 6) is -0.932. The molecule has 0 aromatic heterocycles. The van der Waals surface area contributed by atoms with E-state index in [4.69, 9.17) is 28.9 Å². The molecule has 1 aromatic carbocycles. The van der Waals surface area contributed by atoms with Gasteiger partial charge in [-0.05, 0) is 88.0 Å². The molecule has 1 fully saturated rings.